The highest BCUT2D eigenvalue weighted by Gasteiger charge is 2.47. The summed E-state index contributed by atoms with van der Waals surface area (Å²) in [5, 5.41) is 0. The van der Waals surface area contributed by atoms with Crippen molar-refractivity contribution in [1.82, 2.24) is 4.90 Å². The smallest absolute Gasteiger partial charge is 0.274 e. The van der Waals surface area contributed by atoms with Crippen LogP contribution in [-0.4, -0.2) is 17.0 Å². The second-order valence-corrected chi connectivity index (χ2v) is 6.67. The van der Waals surface area contributed by atoms with E-state index in [1.54, 1.807) is 28.1 Å². The number of hydrogen-bond acceptors (Lipinski definition) is 2. The van der Waals surface area contributed by atoms with Crippen LogP contribution in [0.1, 0.15) is 17.3 Å². The highest BCUT2D eigenvalue weighted by molar-refractivity contribution is 6.21. The van der Waals surface area contributed by atoms with Gasteiger partial charge in [-0.3, -0.25) is 9.80 Å². The fraction of sp³-hybridized carbons (Fsp3) is 0.0435. The van der Waals surface area contributed by atoms with Crippen molar-refractivity contribution >= 4 is 29.5 Å². The standard InChI is InChI=1S/C23H17N3O2/c27-22-24-16-15-17-9-7-8-14-20(17)21(24)25(18-10-3-1-4-11-18)23(28)26(22)19-12-5-2-6-13-19/h1-16,21H/t21-/m1/s1. The predicted molar refractivity (Wildman–Crippen MR) is 109 cm³/mol. The zero-order chi connectivity index (χ0) is 19.1. The number of urea groups is 2. The molecule has 0 spiro atoms. The third-order valence-electron chi connectivity index (χ3n) is 5.06. The summed E-state index contributed by atoms with van der Waals surface area (Å²) < 4.78 is 0. The van der Waals surface area contributed by atoms with E-state index in [0.29, 0.717) is 5.69 Å². The highest BCUT2D eigenvalue weighted by Crippen LogP contribution is 2.41. The minimum atomic E-state index is -0.524. The largest absolute Gasteiger partial charge is 0.339 e. The molecule has 5 heteroatoms. The van der Waals surface area contributed by atoms with Crippen molar-refractivity contribution in [2.75, 3.05) is 9.80 Å². The van der Waals surface area contributed by atoms with E-state index in [1.165, 1.54) is 4.90 Å². The van der Waals surface area contributed by atoms with E-state index in [-0.39, 0.29) is 12.1 Å². The van der Waals surface area contributed by atoms with E-state index in [0.717, 1.165) is 16.8 Å². The Morgan fingerprint density at radius 1 is 0.643 bits per heavy atom. The average molecular weight is 367 g/mol. The van der Waals surface area contributed by atoms with Crippen LogP contribution in [0, 0.1) is 0 Å². The summed E-state index contributed by atoms with van der Waals surface area (Å²) in [5.74, 6) is 0. The topological polar surface area (TPSA) is 43.9 Å². The Morgan fingerprint density at radius 2 is 1.25 bits per heavy atom. The molecule has 0 saturated carbocycles. The minimum Gasteiger partial charge on any atom is -0.274 e. The van der Waals surface area contributed by atoms with Crippen molar-refractivity contribution in [3.05, 3.63) is 102 Å². The van der Waals surface area contributed by atoms with Crippen LogP contribution >= 0.6 is 0 Å². The number of para-hydroxylation sites is 2. The molecule has 1 atom stereocenters. The van der Waals surface area contributed by atoms with Gasteiger partial charge in [0.2, 0.25) is 0 Å². The number of carbonyl (C=O) groups is 2. The first-order chi connectivity index (χ1) is 13.8. The Bertz CT molecular complexity index is 1080. The van der Waals surface area contributed by atoms with Gasteiger partial charge in [-0.25, -0.2) is 14.5 Å². The molecule has 3 aromatic rings. The van der Waals surface area contributed by atoms with E-state index < -0.39 is 6.17 Å². The Kier molecular flexibility index (Phi) is 3.72. The van der Waals surface area contributed by atoms with Crippen LogP contribution < -0.4 is 9.80 Å². The van der Waals surface area contributed by atoms with Gasteiger partial charge in [-0.15, -0.1) is 0 Å². The molecule has 0 bridgehead atoms. The van der Waals surface area contributed by atoms with Crippen molar-refractivity contribution in [2.45, 2.75) is 6.17 Å². The molecule has 136 valence electrons. The number of carbonyl (C=O) groups excluding carboxylic acids is 2. The number of nitrogens with zero attached hydrogens (tertiary/aromatic N) is 3. The van der Waals surface area contributed by atoms with Crippen molar-refractivity contribution in [1.29, 1.82) is 0 Å². The summed E-state index contributed by atoms with van der Waals surface area (Å²) in [4.78, 5) is 31.4. The number of fused-ring (bicyclic) bond motifs is 3. The highest BCUT2D eigenvalue weighted by atomic mass is 16.2. The third kappa shape index (κ3) is 2.41. The Balaban J connectivity index is 1.71. The van der Waals surface area contributed by atoms with Crippen molar-refractivity contribution in [3.8, 4) is 0 Å². The summed E-state index contributed by atoms with van der Waals surface area (Å²) in [6.07, 6.45) is 3.14. The molecule has 0 N–H and O–H groups in total. The normalized spacial score (nSPS) is 18.1. The molecule has 2 aliphatic rings. The lowest BCUT2D eigenvalue weighted by molar-refractivity contribution is 0.189. The molecule has 4 amide bonds. The third-order valence-corrected chi connectivity index (χ3v) is 5.06. The number of benzene rings is 3. The van der Waals surface area contributed by atoms with Gasteiger partial charge in [-0.05, 0) is 35.9 Å². The molecule has 1 saturated heterocycles. The summed E-state index contributed by atoms with van der Waals surface area (Å²) in [6, 6.07) is 25.6. The zero-order valence-electron chi connectivity index (χ0n) is 15.0. The van der Waals surface area contributed by atoms with Gasteiger partial charge in [-0.1, -0.05) is 60.7 Å². The van der Waals surface area contributed by atoms with Crippen LogP contribution in [0.15, 0.2) is 91.1 Å². The number of rotatable bonds is 2. The van der Waals surface area contributed by atoms with Gasteiger partial charge >= 0.3 is 12.1 Å². The molecule has 3 aromatic carbocycles. The van der Waals surface area contributed by atoms with Gasteiger partial charge in [0.25, 0.3) is 0 Å². The molecule has 1 fully saturated rings. The van der Waals surface area contributed by atoms with Crippen LogP contribution in [0.4, 0.5) is 21.0 Å². The maximum Gasteiger partial charge on any atom is 0.339 e. The zero-order valence-corrected chi connectivity index (χ0v) is 15.0. The van der Waals surface area contributed by atoms with Crippen LogP contribution in [0.3, 0.4) is 0 Å². The Labute approximate surface area is 162 Å². The fourth-order valence-electron chi connectivity index (χ4n) is 3.77. The number of imide groups is 1. The van der Waals surface area contributed by atoms with Gasteiger partial charge in [0, 0.05) is 17.5 Å². The molecule has 0 aromatic heterocycles. The molecule has 28 heavy (non-hydrogen) atoms. The molecule has 0 aliphatic carbocycles. The maximum absolute atomic E-state index is 13.6. The lowest BCUT2D eigenvalue weighted by atomic mass is 9.99. The van der Waals surface area contributed by atoms with E-state index >= 15 is 0 Å². The van der Waals surface area contributed by atoms with Crippen molar-refractivity contribution < 1.29 is 9.59 Å². The van der Waals surface area contributed by atoms with E-state index in [9.17, 15) is 9.59 Å². The summed E-state index contributed by atoms with van der Waals surface area (Å²) in [6.45, 7) is 0. The van der Waals surface area contributed by atoms with E-state index in [4.69, 9.17) is 0 Å². The van der Waals surface area contributed by atoms with Crippen LogP contribution in [0.5, 0.6) is 0 Å². The molecule has 0 radical (unpaired) electrons. The first kappa shape index (κ1) is 16.3. The summed E-state index contributed by atoms with van der Waals surface area (Å²) in [7, 11) is 0. The number of amides is 4. The van der Waals surface area contributed by atoms with Gasteiger partial charge < -0.3 is 0 Å². The molecule has 5 rings (SSSR count). The van der Waals surface area contributed by atoms with Crippen LogP contribution in [0.25, 0.3) is 6.08 Å². The number of anilines is 2. The van der Waals surface area contributed by atoms with Crippen LogP contribution in [0.2, 0.25) is 0 Å². The van der Waals surface area contributed by atoms with Gasteiger partial charge in [0.15, 0.2) is 0 Å². The molecular weight excluding hydrogens is 350 g/mol. The monoisotopic (exact) mass is 367 g/mol. The lowest BCUT2D eigenvalue weighted by Crippen LogP contribution is -2.62. The second-order valence-electron chi connectivity index (χ2n) is 6.67. The quantitative estimate of drug-likeness (QED) is 0.622. The first-order valence-electron chi connectivity index (χ1n) is 9.08. The fourth-order valence-corrected chi connectivity index (χ4v) is 3.77. The van der Waals surface area contributed by atoms with Gasteiger partial charge in [-0.2, -0.15) is 0 Å². The minimum absolute atomic E-state index is 0.362. The van der Waals surface area contributed by atoms with Crippen molar-refractivity contribution in [3.63, 3.8) is 0 Å². The molecular formula is C23H17N3O2. The molecule has 2 aliphatic heterocycles. The van der Waals surface area contributed by atoms with Gasteiger partial charge in [0.1, 0.15) is 6.17 Å². The molecule has 5 nitrogen and oxygen atoms in total. The van der Waals surface area contributed by atoms with Crippen LogP contribution in [-0.2, 0) is 0 Å². The van der Waals surface area contributed by atoms with E-state index in [1.807, 2.05) is 78.9 Å². The number of hydrogen-bond donors (Lipinski definition) is 0. The Morgan fingerprint density at radius 3 is 1.96 bits per heavy atom. The summed E-state index contributed by atoms with van der Waals surface area (Å²) >= 11 is 0. The molecule has 0 unspecified atom stereocenters. The van der Waals surface area contributed by atoms with Gasteiger partial charge in [0.05, 0.1) is 5.69 Å². The Hall–Kier alpha value is -3.86. The maximum atomic E-state index is 13.6. The second kappa shape index (κ2) is 6.39. The van der Waals surface area contributed by atoms with Crippen molar-refractivity contribution in [2.24, 2.45) is 0 Å². The summed E-state index contributed by atoms with van der Waals surface area (Å²) in [5.41, 5.74) is 3.20. The first-order valence-corrected chi connectivity index (χ1v) is 9.08. The SMILES string of the molecule is O=C1N(c2ccccc2)C(=O)N(c2ccccc2)[C@@H]2c3ccccc3C=CN12. The molecule has 2 heterocycles. The van der Waals surface area contributed by atoms with E-state index in [2.05, 4.69) is 0 Å². The lowest BCUT2D eigenvalue weighted by Gasteiger charge is -2.47. The predicted octanol–water partition coefficient (Wildman–Crippen LogP) is 5.24. The average Bonchev–Trinajstić information content (AvgIpc) is 2.75.